The number of benzene rings is 1. The molecule has 1 aromatic heterocycles. The van der Waals surface area contributed by atoms with Crippen molar-refractivity contribution in [3.05, 3.63) is 39.6 Å². The Morgan fingerprint density at radius 2 is 2.13 bits per heavy atom. The number of rotatable bonds is 6. The number of nitrogens with zero attached hydrogens (tertiary/aromatic N) is 2. The van der Waals surface area contributed by atoms with Gasteiger partial charge < -0.3 is 10.1 Å². The van der Waals surface area contributed by atoms with Crippen molar-refractivity contribution >= 4 is 34.8 Å². The SMILES string of the molecule is CCCCn1nc(C)c(C(=O)Nc2ccc(OC)c(Cl)c2)c1Cl. The number of anilines is 1. The van der Waals surface area contributed by atoms with E-state index in [1.165, 1.54) is 7.11 Å². The first-order chi connectivity index (χ1) is 11.0. The zero-order valence-corrected chi connectivity index (χ0v) is 14.8. The van der Waals surface area contributed by atoms with Gasteiger partial charge in [-0.05, 0) is 31.5 Å². The molecule has 0 aliphatic heterocycles. The smallest absolute Gasteiger partial charge is 0.260 e. The van der Waals surface area contributed by atoms with Gasteiger partial charge in [0.1, 0.15) is 10.9 Å². The number of nitrogens with one attached hydrogen (secondary N) is 1. The van der Waals surface area contributed by atoms with Gasteiger partial charge in [0.25, 0.3) is 5.91 Å². The van der Waals surface area contributed by atoms with Crippen LogP contribution in [-0.2, 0) is 6.54 Å². The molecule has 0 aliphatic rings. The maximum Gasteiger partial charge on any atom is 0.260 e. The number of carbonyl (C=O) groups is 1. The molecule has 7 heteroatoms. The number of amides is 1. The molecule has 0 fully saturated rings. The molecule has 1 aromatic carbocycles. The lowest BCUT2D eigenvalue weighted by molar-refractivity contribution is 0.102. The Morgan fingerprint density at radius 3 is 2.74 bits per heavy atom. The molecule has 0 saturated carbocycles. The fraction of sp³-hybridized carbons (Fsp3) is 0.375. The largest absolute Gasteiger partial charge is 0.495 e. The summed E-state index contributed by atoms with van der Waals surface area (Å²) in [6, 6.07) is 5.04. The standard InChI is InChI=1S/C16H19Cl2N3O2/c1-4-5-8-21-15(18)14(10(2)20-21)16(22)19-11-6-7-13(23-3)12(17)9-11/h6-7,9H,4-5,8H2,1-3H3,(H,19,22). The zero-order chi connectivity index (χ0) is 17.0. The summed E-state index contributed by atoms with van der Waals surface area (Å²) in [7, 11) is 1.54. The van der Waals surface area contributed by atoms with Gasteiger partial charge in [0.15, 0.2) is 0 Å². The van der Waals surface area contributed by atoms with Crippen LogP contribution < -0.4 is 10.1 Å². The molecule has 1 heterocycles. The van der Waals surface area contributed by atoms with Crippen LogP contribution in [0.1, 0.15) is 35.8 Å². The second-order valence-corrected chi connectivity index (χ2v) is 5.90. The second-order valence-electron chi connectivity index (χ2n) is 5.13. The molecule has 0 bridgehead atoms. The molecule has 5 nitrogen and oxygen atoms in total. The number of aromatic nitrogens is 2. The second kappa shape index (κ2) is 7.70. The lowest BCUT2D eigenvalue weighted by atomic mass is 10.2. The Labute approximate surface area is 145 Å². The van der Waals surface area contributed by atoms with E-state index in [1.54, 1.807) is 29.8 Å². The Kier molecular flexibility index (Phi) is 5.91. The molecule has 2 rings (SSSR count). The van der Waals surface area contributed by atoms with Crippen molar-refractivity contribution in [1.29, 1.82) is 0 Å². The van der Waals surface area contributed by atoms with Crippen molar-refractivity contribution in [2.24, 2.45) is 0 Å². The molecule has 0 radical (unpaired) electrons. The predicted molar refractivity (Wildman–Crippen MR) is 92.8 cm³/mol. The predicted octanol–water partition coefficient (Wildman–Crippen LogP) is 4.56. The topological polar surface area (TPSA) is 56.2 Å². The number of halogens is 2. The molecule has 2 aromatic rings. The van der Waals surface area contributed by atoms with Gasteiger partial charge >= 0.3 is 0 Å². The molecule has 0 spiro atoms. The normalized spacial score (nSPS) is 10.7. The first kappa shape index (κ1) is 17.6. The minimum absolute atomic E-state index is 0.309. The van der Waals surface area contributed by atoms with Crippen molar-refractivity contribution in [1.82, 2.24) is 9.78 Å². The number of ether oxygens (including phenoxy) is 1. The van der Waals surface area contributed by atoms with Gasteiger partial charge in [-0.2, -0.15) is 5.10 Å². The van der Waals surface area contributed by atoms with Gasteiger partial charge in [-0.15, -0.1) is 0 Å². The molecular formula is C16H19Cl2N3O2. The van der Waals surface area contributed by atoms with Crippen LogP contribution in [0.25, 0.3) is 0 Å². The zero-order valence-electron chi connectivity index (χ0n) is 13.3. The number of hydrogen-bond acceptors (Lipinski definition) is 3. The number of hydrogen-bond donors (Lipinski definition) is 1. The molecular weight excluding hydrogens is 337 g/mol. The van der Waals surface area contributed by atoms with E-state index in [2.05, 4.69) is 17.3 Å². The van der Waals surface area contributed by atoms with Gasteiger partial charge in [-0.25, -0.2) is 0 Å². The number of aryl methyl sites for hydroxylation is 2. The van der Waals surface area contributed by atoms with Crippen LogP contribution in [0.2, 0.25) is 10.2 Å². The van der Waals surface area contributed by atoms with E-state index in [1.807, 2.05) is 0 Å². The van der Waals surface area contributed by atoms with Gasteiger partial charge in [-0.1, -0.05) is 36.5 Å². The lowest BCUT2D eigenvalue weighted by Crippen LogP contribution is -2.13. The summed E-state index contributed by atoms with van der Waals surface area (Å²) < 4.78 is 6.75. The monoisotopic (exact) mass is 355 g/mol. The summed E-state index contributed by atoms with van der Waals surface area (Å²) in [4.78, 5) is 12.5. The highest BCUT2D eigenvalue weighted by atomic mass is 35.5. The van der Waals surface area contributed by atoms with Crippen molar-refractivity contribution in [2.45, 2.75) is 33.2 Å². The molecule has 0 saturated heterocycles. The van der Waals surface area contributed by atoms with Crippen LogP contribution in [-0.4, -0.2) is 22.8 Å². The van der Waals surface area contributed by atoms with Gasteiger partial charge in [-0.3, -0.25) is 9.48 Å². The number of carbonyl (C=O) groups excluding carboxylic acids is 1. The number of methoxy groups -OCH3 is 1. The summed E-state index contributed by atoms with van der Waals surface area (Å²) in [5.74, 6) is 0.239. The molecule has 1 N–H and O–H groups in total. The summed E-state index contributed by atoms with van der Waals surface area (Å²) in [6.45, 7) is 4.55. The first-order valence-corrected chi connectivity index (χ1v) is 8.11. The van der Waals surface area contributed by atoms with Crippen LogP contribution in [0.4, 0.5) is 5.69 Å². The third-order valence-electron chi connectivity index (χ3n) is 3.43. The highest BCUT2D eigenvalue weighted by Gasteiger charge is 2.20. The van der Waals surface area contributed by atoms with Crippen molar-refractivity contribution in [3.8, 4) is 5.75 Å². The summed E-state index contributed by atoms with van der Waals surface area (Å²) in [6.07, 6.45) is 1.98. The van der Waals surface area contributed by atoms with Crippen molar-refractivity contribution < 1.29 is 9.53 Å². The fourth-order valence-corrected chi connectivity index (χ4v) is 2.81. The maximum atomic E-state index is 12.5. The molecule has 1 amide bonds. The average molecular weight is 356 g/mol. The average Bonchev–Trinajstić information content (AvgIpc) is 2.79. The van der Waals surface area contributed by atoms with E-state index in [9.17, 15) is 4.79 Å². The quantitative estimate of drug-likeness (QED) is 0.826. The molecule has 23 heavy (non-hydrogen) atoms. The Morgan fingerprint density at radius 1 is 1.39 bits per heavy atom. The van der Waals surface area contributed by atoms with E-state index in [0.717, 1.165) is 12.8 Å². The third kappa shape index (κ3) is 3.98. The van der Waals surface area contributed by atoms with Gasteiger partial charge in [0, 0.05) is 12.2 Å². The highest BCUT2D eigenvalue weighted by molar-refractivity contribution is 6.34. The van der Waals surface area contributed by atoms with E-state index >= 15 is 0 Å². The van der Waals surface area contributed by atoms with Crippen LogP contribution in [0, 0.1) is 6.92 Å². The van der Waals surface area contributed by atoms with Gasteiger partial charge in [0.2, 0.25) is 0 Å². The van der Waals surface area contributed by atoms with Crippen molar-refractivity contribution in [2.75, 3.05) is 12.4 Å². The van der Waals surface area contributed by atoms with E-state index in [4.69, 9.17) is 27.9 Å². The van der Waals surface area contributed by atoms with E-state index < -0.39 is 0 Å². The molecule has 0 unspecified atom stereocenters. The summed E-state index contributed by atoms with van der Waals surface area (Å²) in [5, 5.41) is 7.90. The minimum Gasteiger partial charge on any atom is -0.495 e. The first-order valence-electron chi connectivity index (χ1n) is 7.35. The van der Waals surface area contributed by atoms with Crippen molar-refractivity contribution in [3.63, 3.8) is 0 Å². The minimum atomic E-state index is -0.309. The third-order valence-corrected chi connectivity index (χ3v) is 4.11. The maximum absolute atomic E-state index is 12.5. The summed E-state index contributed by atoms with van der Waals surface area (Å²) in [5.41, 5.74) is 1.55. The highest BCUT2D eigenvalue weighted by Crippen LogP contribution is 2.28. The molecule has 0 aliphatic carbocycles. The van der Waals surface area contributed by atoms with Crippen LogP contribution in [0.3, 0.4) is 0 Å². The molecule has 124 valence electrons. The Bertz CT molecular complexity index is 714. The van der Waals surface area contributed by atoms with E-state index in [-0.39, 0.29) is 5.91 Å². The van der Waals surface area contributed by atoms with Crippen LogP contribution in [0.15, 0.2) is 18.2 Å². The van der Waals surface area contributed by atoms with E-state index in [0.29, 0.717) is 39.4 Å². The molecule has 0 atom stereocenters. The van der Waals surface area contributed by atoms with Crippen LogP contribution in [0.5, 0.6) is 5.75 Å². The van der Waals surface area contributed by atoms with Gasteiger partial charge in [0.05, 0.1) is 23.4 Å². The lowest BCUT2D eigenvalue weighted by Gasteiger charge is -2.08. The van der Waals surface area contributed by atoms with Crippen LogP contribution >= 0.6 is 23.2 Å². The Balaban J connectivity index is 2.20. The Hall–Kier alpha value is -1.72. The summed E-state index contributed by atoms with van der Waals surface area (Å²) >= 11 is 12.4. The fourth-order valence-electron chi connectivity index (χ4n) is 2.21. The number of unbranched alkanes of at least 4 members (excludes halogenated alkanes) is 1.